The van der Waals surface area contributed by atoms with Crippen LogP contribution in [0, 0.1) is 0 Å². The summed E-state index contributed by atoms with van der Waals surface area (Å²) in [4.78, 5) is 54.7. The van der Waals surface area contributed by atoms with Crippen molar-refractivity contribution in [2.75, 3.05) is 11.9 Å². The minimum absolute atomic E-state index is 0.0767. The summed E-state index contributed by atoms with van der Waals surface area (Å²) in [6, 6.07) is 6.53. The van der Waals surface area contributed by atoms with E-state index in [2.05, 4.69) is 15.3 Å². The lowest BCUT2D eigenvalue weighted by Crippen LogP contribution is -2.38. The molecule has 1 amide bonds. The van der Waals surface area contributed by atoms with E-state index in [-0.39, 0.29) is 17.4 Å². The molecule has 9 nitrogen and oxygen atoms in total. The van der Waals surface area contributed by atoms with E-state index in [1.807, 2.05) is 0 Å². The van der Waals surface area contributed by atoms with Crippen LogP contribution in [0.4, 0.5) is 5.13 Å². The normalized spacial score (nSPS) is 10.7. The molecule has 3 aromatic rings. The third kappa shape index (κ3) is 3.54. The average molecular weight is 374 g/mol. The molecule has 0 fully saturated rings. The standard InChI is InChI=1S/C16H14N4O5S/c1-2-25-14(23)11-8-26-15(17-11)19-12(21)7-20-13(22)9-5-3-4-6-10(9)18-16(20)24/h3-6,8H,2,7H2,1H3,(H,18,24)(H,17,19,21). The third-order valence-corrected chi connectivity index (χ3v) is 4.18. The lowest BCUT2D eigenvalue weighted by molar-refractivity contribution is -0.116. The molecule has 0 unspecified atom stereocenters. The Kier molecular flexibility index (Phi) is 4.94. The molecule has 0 aliphatic rings. The van der Waals surface area contributed by atoms with Crippen LogP contribution in [0.25, 0.3) is 10.9 Å². The van der Waals surface area contributed by atoms with Crippen LogP contribution < -0.4 is 16.6 Å². The Morgan fingerprint density at radius 2 is 2.08 bits per heavy atom. The summed E-state index contributed by atoms with van der Waals surface area (Å²) < 4.78 is 5.62. The average Bonchev–Trinajstić information content (AvgIpc) is 3.07. The van der Waals surface area contributed by atoms with Crippen molar-refractivity contribution < 1.29 is 14.3 Å². The largest absolute Gasteiger partial charge is 0.461 e. The van der Waals surface area contributed by atoms with Crippen molar-refractivity contribution in [3.63, 3.8) is 0 Å². The summed E-state index contributed by atoms with van der Waals surface area (Å²) in [7, 11) is 0. The van der Waals surface area contributed by atoms with Crippen LogP contribution in [-0.4, -0.2) is 33.0 Å². The highest BCUT2D eigenvalue weighted by Crippen LogP contribution is 2.16. The number of para-hydroxylation sites is 1. The second-order valence-corrected chi connectivity index (χ2v) is 6.03. The number of benzene rings is 1. The SMILES string of the molecule is CCOC(=O)c1csc(NC(=O)Cn2c(=O)[nH]c3ccccc3c2=O)n1. The van der Waals surface area contributed by atoms with E-state index < -0.39 is 29.7 Å². The van der Waals surface area contributed by atoms with Gasteiger partial charge in [0.2, 0.25) is 5.91 Å². The maximum Gasteiger partial charge on any atom is 0.357 e. The van der Waals surface area contributed by atoms with E-state index in [4.69, 9.17) is 4.74 Å². The van der Waals surface area contributed by atoms with Gasteiger partial charge in [-0.25, -0.2) is 14.6 Å². The minimum Gasteiger partial charge on any atom is -0.461 e. The molecule has 0 bridgehead atoms. The second kappa shape index (κ2) is 7.31. The van der Waals surface area contributed by atoms with Crippen molar-refractivity contribution in [2.24, 2.45) is 0 Å². The first-order chi connectivity index (χ1) is 12.5. The second-order valence-electron chi connectivity index (χ2n) is 5.17. The number of carbonyl (C=O) groups is 2. The molecule has 0 atom stereocenters. The molecule has 3 rings (SSSR count). The zero-order valence-corrected chi connectivity index (χ0v) is 14.5. The fourth-order valence-electron chi connectivity index (χ4n) is 2.27. The molecule has 134 valence electrons. The van der Waals surface area contributed by atoms with Crippen LogP contribution in [0.15, 0.2) is 39.2 Å². The van der Waals surface area contributed by atoms with Gasteiger partial charge in [0.1, 0.15) is 6.54 Å². The van der Waals surface area contributed by atoms with Crippen molar-refractivity contribution in [1.82, 2.24) is 14.5 Å². The van der Waals surface area contributed by atoms with Gasteiger partial charge in [0, 0.05) is 5.38 Å². The molecule has 0 aliphatic heterocycles. The number of anilines is 1. The van der Waals surface area contributed by atoms with Crippen molar-refractivity contribution in [3.05, 3.63) is 56.2 Å². The Morgan fingerprint density at radius 1 is 1.31 bits per heavy atom. The number of nitrogens with one attached hydrogen (secondary N) is 2. The monoisotopic (exact) mass is 374 g/mol. The van der Waals surface area contributed by atoms with Gasteiger partial charge >= 0.3 is 11.7 Å². The maximum atomic E-state index is 12.4. The van der Waals surface area contributed by atoms with E-state index in [0.29, 0.717) is 10.9 Å². The number of rotatable bonds is 5. The first-order valence-corrected chi connectivity index (χ1v) is 8.52. The number of esters is 1. The number of ether oxygens (including phenoxy) is 1. The fraction of sp³-hybridized carbons (Fsp3) is 0.188. The first-order valence-electron chi connectivity index (χ1n) is 7.64. The Bertz CT molecular complexity index is 1100. The number of aromatic amines is 1. The number of aromatic nitrogens is 3. The highest BCUT2D eigenvalue weighted by Gasteiger charge is 2.15. The van der Waals surface area contributed by atoms with Crippen LogP contribution in [0.3, 0.4) is 0 Å². The predicted molar refractivity (Wildman–Crippen MR) is 95.5 cm³/mol. The summed E-state index contributed by atoms with van der Waals surface area (Å²) >= 11 is 1.04. The van der Waals surface area contributed by atoms with Crippen molar-refractivity contribution in [2.45, 2.75) is 13.5 Å². The number of nitrogens with zero attached hydrogens (tertiary/aromatic N) is 2. The zero-order chi connectivity index (χ0) is 18.7. The predicted octanol–water partition coefficient (Wildman–Crippen LogP) is 0.962. The van der Waals surface area contributed by atoms with Crippen LogP contribution in [0.1, 0.15) is 17.4 Å². The Balaban J connectivity index is 1.79. The Hall–Kier alpha value is -3.27. The van der Waals surface area contributed by atoms with Crippen LogP contribution in [0.5, 0.6) is 0 Å². The van der Waals surface area contributed by atoms with Crippen molar-refractivity contribution >= 4 is 39.2 Å². The maximum absolute atomic E-state index is 12.4. The molecular weight excluding hydrogens is 360 g/mol. The Morgan fingerprint density at radius 3 is 2.85 bits per heavy atom. The van der Waals surface area contributed by atoms with Gasteiger partial charge in [0.25, 0.3) is 5.56 Å². The molecule has 0 aliphatic carbocycles. The van der Waals surface area contributed by atoms with Crippen LogP contribution in [0.2, 0.25) is 0 Å². The topological polar surface area (TPSA) is 123 Å². The van der Waals surface area contributed by atoms with E-state index in [9.17, 15) is 19.2 Å². The number of hydrogen-bond acceptors (Lipinski definition) is 7. The van der Waals surface area contributed by atoms with Crippen LogP contribution in [-0.2, 0) is 16.1 Å². The summed E-state index contributed by atoms with van der Waals surface area (Å²) in [6.45, 7) is 1.41. The minimum atomic E-state index is -0.685. The molecule has 0 radical (unpaired) electrons. The van der Waals surface area contributed by atoms with Gasteiger partial charge in [0.15, 0.2) is 10.8 Å². The number of thiazole rings is 1. The van der Waals surface area contributed by atoms with E-state index in [1.54, 1.807) is 31.2 Å². The smallest absolute Gasteiger partial charge is 0.357 e. The van der Waals surface area contributed by atoms with Gasteiger partial charge in [-0.2, -0.15) is 0 Å². The molecule has 1 aromatic carbocycles. The molecular formula is C16H14N4O5S. The van der Waals surface area contributed by atoms with E-state index >= 15 is 0 Å². The number of carbonyl (C=O) groups excluding carboxylic acids is 2. The Labute approximate surface area is 150 Å². The fourth-order valence-corrected chi connectivity index (χ4v) is 2.97. The summed E-state index contributed by atoms with van der Waals surface area (Å²) in [5.74, 6) is -1.20. The number of amides is 1. The highest BCUT2D eigenvalue weighted by molar-refractivity contribution is 7.14. The molecule has 10 heteroatoms. The molecule has 2 aromatic heterocycles. The summed E-state index contributed by atoms with van der Waals surface area (Å²) in [5, 5.41) is 4.38. The summed E-state index contributed by atoms with van der Waals surface area (Å²) in [5.41, 5.74) is -0.771. The number of H-pyrrole nitrogens is 1. The quantitative estimate of drug-likeness (QED) is 0.641. The molecule has 0 saturated heterocycles. The van der Waals surface area contributed by atoms with Gasteiger partial charge in [-0.15, -0.1) is 11.3 Å². The van der Waals surface area contributed by atoms with Gasteiger partial charge in [-0.1, -0.05) is 12.1 Å². The molecule has 2 heterocycles. The van der Waals surface area contributed by atoms with Gasteiger partial charge in [-0.05, 0) is 19.1 Å². The van der Waals surface area contributed by atoms with E-state index in [0.717, 1.165) is 15.9 Å². The molecule has 0 spiro atoms. The highest BCUT2D eigenvalue weighted by atomic mass is 32.1. The molecule has 0 saturated carbocycles. The van der Waals surface area contributed by atoms with Gasteiger partial charge in [-0.3, -0.25) is 14.2 Å². The van der Waals surface area contributed by atoms with Crippen molar-refractivity contribution in [3.8, 4) is 0 Å². The van der Waals surface area contributed by atoms with Crippen LogP contribution >= 0.6 is 11.3 Å². The molecule has 2 N–H and O–H groups in total. The summed E-state index contributed by atoms with van der Waals surface area (Å²) in [6.07, 6.45) is 0. The number of fused-ring (bicyclic) bond motifs is 1. The lowest BCUT2D eigenvalue weighted by Gasteiger charge is -2.06. The first kappa shape index (κ1) is 17.5. The third-order valence-electron chi connectivity index (χ3n) is 3.43. The van der Waals surface area contributed by atoms with Crippen molar-refractivity contribution in [1.29, 1.82) is 0 Å². The molecule has 26 heavy (non-hydrogen) atoms. The van der Waals surface area contributed by atoms with Gasteiger partial charge < -0.3 is 15.0 Å². The zero-order valence-electron chi connectivity index (χ0n) is 13.6. The lowest BCUT2D eigenvalue weighted by atomic mass is 10.2. The van der Waals surface area contributed by atoms with E-state index in [1.165, 1.54) is 5.38 Å². The number of hydrogen-bond donors (Lipinski definition) is 2. The van der Waals surface area contributed by atoms with Gasteiger partial charge in [0.05, 0.1) is 17.5 Å².